The molecule has 0 spiro atoms. The molecule has 0 bridgehead atoms. The molecule has 5 nitrogen and oxygen atoms in total. The number of benzene rings is 1. The zero-order chi connectivity index (χ0) is 17.0. The summed E-state index contributed by atoms with van der Waals surface area (Å²) in [5.41, 5.74) is 2.91. The smallest absolute Gasteiger partial charge is 0.265 e. The minimum Gasteiger partial charge on any atom is -0.321 e. The van der Waals surface area contributed by atoms with E-state index in [1.807, 2.05) is 38.1 Å². The summed E-state index contributed by atoms with van der Waals surface area (Å²) in [6.45, 7) is 4.26. The molecule has 1 aromatic heterocycles. The van der Waals surface area contributed by atoms with E-state index in [-0.39, 0.29) is 5.91 Å². The SMILES string of the molecule is Cc1ccc(C)c(NC(=O)c2ccc(CCNS(C)(=O)=O)s2)c1. The van der Waals surface area contributed by atoms with Crippen molar-refractivity contribution in [2.24, 2.45) is 0 Å². The van der Waals surface area contributed by atoms with E-state index in [1.54, 1.807) is 6.07 Å². The van der Waals surface area contributed by atoms with Crippen molar-refractivity contribution in [2.75, 3.05) is 18.1 Å². The zero-order valence-corrected chi connectivity index (χ0v) is 15.0. The van der Waals surface area contributed by atoms with Crippen LogP contribution in [0.15, 0.2) is 30.3 Å². The summed E-state index contributed by atoms with van der Waals surface area (Å²) < 4.78 is 24.5. The summed E-state index contributed by atoms with van der Waals surface area (Å²) in [6, 6.07) is 9.54. The minimum absolute atomic E-state index is 0.147. The summed E-state index contributed by atoms with van der Waals surface area (Å²) >= 11 is 1.37. The number of rotatable bonds is 6. The number of carbonyl (C=O) groups excluding carboxylic acids is 1. The van der Waals surface area contributed by atoms with Gasteiger partial charge in [0.15, 0.2) is 0 Å². The van der Waals surface area contributed by atoms with Gasteiger partial charge >= 0.3 is 0 Å². The fraction of sp³-hybridized carbons (Fsp3) is 0.312. The molecule has 23 heavy (non-hydrogen) atoms. The van der Waals surface area contributed by atoms with Crippen LogP contribution in [0.1, 0.15) is 25.7 Å². The van der Waals surface area contributed by atoms with Crippen LogP contribution in [0.4, 0.5) is 5.69 Å². The largest absolute Gasteiger partial charge is 0.321 e. The van der Waals surface area contributed by atoms with Gasteiger partial charge in [0.2, 0.25) is 10.0 Å². The van der Waals surface area contributed by atoms with E-state index < -0.39 is 10.0 Å². The molecule has 1 heterocycles. The highest BCUT2D eigenvalue weighted by atomic mass is 32.2. The highest BCUT2D eigenvalue weighted by molar-refractivity contribution is 7.88. The maximum atomic E-state index is 12.3. The van der Waals surface area contributed by atoms with Gasteiger partial charge in [0.25, 0.3) is 5.91 Å². The Balaban J connectivity index is 1.99. The Morgan fingerprint density at radius 3 is 2.61 bits per heavy atom. The van der Waals surface area contributed by atoms with E-state index in [2.05, 4.69) is 10.0 Å². The molecule has 1 aromatic carbocycles. The number of thiophene rings is 1. The standard InChI is InChI=1S/C16H20N2O3S2/c1-11-4-5-12(2)14(10-11)18-16(19)15-7-6-13(22-15)8-9-17-23(3,20)21/h4-7,10,17H,8-9H2,1-3H3,(H,18,19). The number of carbonyl (C=O) groups is 1. The Labute approximate surface area is 140 Å². The molecule has 0 aliphatic heterocycles. The normalized spacial score (nSPS) is 11.4. The molecule has 0 saturated heterocycles. The Kier molecular flexibility index (Phi) is 5.56. The number of anilines is 1. The van der Waals surface area contributed by atoms with E-state index in [9.17, 15) is 13.2 Å². The van der Waals surface area contributed by atoms with Gasteiger partial charge in [0.05, 0.1) is 11.1 Å². The van der Waals surface area contributed by atoms with Crippen LogP contribution in [0.2, 0.25) is 0 Å². The number of sulfonamides is 1. The molecule has 7 heteroatoms. The molecule has 2 aromatic rings. The second-order valence-corrected chi connectivity index (χ2v) is 8.46. The topological polar surface area (TPSA) is 75.3 Å². The van der Waals surface area contributed by atoms with Crippen LogP contribution in [0.3, 0.4) is 0 Å². The molecule has 2 rings (SSSR count). The Morgan fingerprint density at radius 2 is 1.91 bits per heavy atom. The Bertz CT molecular complexity index is 810. The Morgan fingerprint density at radius 1 is 1.17 bits per heavy atom. The quantitative estimate of drug-likeness (QED) is 0.839. The molecule has 2 N–H and O–H groups in total. The average Bonchev–Trinajstić information content (AvgIpc) is 2.90. The van der Waals surface area contributed by atoms with Crippen LogP contribution in [0, 0.1) is 13.8 Å². The molecule has 124 valence electrons. The number of amides is 1. The monoisotopic (exact) mass is 352 g/mol. The highest BCUT2D eigenvalue weighted by Crippen LogP contribution is 2.21. The molecule has 0 aliphatic rings. The van der Waals surface area contributed by atoms with Gasteiger partial charge in [-0.2, -0.15) is 0 Å². The van der Waals surface area contributed by atoms with E-state index in [4.69, 9.17) is 0 Å². The maximum absolute atomic E-state index is 12.3. The number of nitrogens with one attached hydrogen (secondary N) is 2. The van der Waals surface area contributed by atoms with E-state index in [1.165, 1.54) is 11.3 Å². The molecule has 0 fully saturated rings. The van der Waals surface area contributed by atoms with Crippen LogP contribution in [0.5, 0.6) is 0 Å². The zero-order valence-electron chi connectivity index (χ0n) is 13.3. The lowest BCUT2D eigenvalue weighted by Gasteiger charge is -2.08. The molecule has 0 saturated carbocycles. The summed E-state index contributed by atoms with van der Waals surface area (Å²) in [5, 5.41) is 2.92. The fourth-order valence-corrected chi connectivity index (χ4v) is 3.42. The second-order valence-electron chi connectivity index (χ2n) is 5.45. The maximum Gasteiger partial charge on any atom is 0.265 e. The third-order valence-corrected chi connectivity index (χ3v) is 5.13. The van der Waals surface area contributed by atoms with E-state index in [0.717, 1.165) is 27.9 Å². The van der Waals surface area contributed by atoms with Crippen molar-refractivity contribution in [3.8, 4) is 0 Å². The van der Waals surface area contributed by atoms with Crippen molar-refractivity contribution in [1.82, 2.24) is 4.72 Å². The van der Waals surface area contributed by atoms with Crippen LogP contribution in [-0.4, -0.2) is 27.1 Å². The van der Waals surface area contributed by atoms with Crippen molar-refractivity contribution < 1.29 is 13.2 Å². The fourth-order valence-electron chi connectivity index (χ4n) is 2.05. The first kappa shape index (κ1) is 17.7. The lowest BCUT2D eigenvalue weighted by Crippen LogP contribution is -2.24. The van der Waals surface area contributed by atoms with Gasteiger partial charge in [-0.1, -0.05) is 12.1 Å². The number of aryl methyl sites for hydroxylation is 2. The van der Waals surface area contributed by atoms with Gasteiger partial charge < -0.3 is 5.32 Å². The molecular formula is C16H20N2O3S2. The third-order valence-electron chi connectivity index (χ3n) is 3.26. The molecule has 1 amide bonds. The summed E-state index contributed by atoms with van der Waals surface area (Å²) in [4.78, 5) is 13.9. The molecular weight excluding hydrogens is 332 g/mol. The predicted octanol–water partition coefficient (Wildman–Crippen LogP) is 2.71. The van der Waals surface area contributed by atoms with Crippen LogP contribution < -0.4 is 10.0 Å². The van der Waals surface area contributed by atoms with Crippen molar-refractivity contribution in [2.45, 2.75) is 20.3 Å². The van der Waals surface area contributed by atoms with E-state index >= 15 is 0 Å². The van der Waals surface area contributed by atoms with Gasteiger partial charge in [-0.3, -0.25) is 4.79 Å². The van der Waals surface area contributed by atoms with Crippen molar-refractivity contribution in [3.05, 3.63) is 51.2 Å². The van der Waals surface area contributed by atoms with Crippen LogP contribution in [-0.2, 0) is 16.4 Å². The highest BCUT2D eigenvalue weighted by Gasteiger charge is 2.11. The second kappa shape index (κ2) is 7.25. The average molecular weight is 352 g/mol. The lowest BCUT2D eigenvalue weighted by molar-refractivity contribution is 0.103. The summed E-state index contributed by atoms with van der Waals surface area (Å²) in [7, 11) is -3.18. The first-order valence-corrected chi connectivity index (χ1v) is 9.87. The van der Waals surface area contributed by atoms with Crippen molar-refractivity contribution in [1.29, 1.82) is 0 Å². The first-order chi connectivity index (χ1) is 10.7. The first-order valence-electron chi connectivity index (χ1n) is 7.16. The Hall–Kier alpha value is -1.70. The van der Waals surface area contributed by atoms with Gasteiger partial charge in [0, 0.05) is 17.1 Å². The molecule has 0 radical (unpaired) electrons. The van der Waals surface area contributed by atoms with Gasteiger partial charge in [-0.25, -0.2) is 13.1 Å². The minimum atomic E-state index is -3.18. The van der Waals surface area contributed by atoms with Crippen LogP contribution >= 0.6 is 11.3 Å². The summed E-state index contributed by atoms with van der Waals surface area (Å²) in [6.07, 6.45) is 1.69. The van der Waals surface area contributed by atoms with Gasteiger partial charge in [-0.05, 0) is 49.6 Å². The van der Waals surface area contributed by atoms with Gasteiger partial charge in [0.1, 0.15) is 0 Å². The molecule has 0 aliphatic carbocycles. The number of hydrogen-bond acceptors (Lipinski definition) is 4. The van der Waals surface area contributed by atoms with E-state index in [0.29, 0.717) is 17.8 Å². The number of hydrogen-bond donors (Lipinski definition) is 2. The van der Waals surface area contributed by atoms with Crippen molar-refractivity contribution >= 4 is 33.0 Å². The lowest BCUT2D eigenvalue weighted by atomic mass is 10.1. The third kappa shape index (κ3) is 5.46. The molecule has 0 atom stereocenters. The molecule has 0 unspecified atom stereocenters. The summed E-state index contributed by atoms with van der Waals surface area (Å²) in [5.74, 6) is -0.147. The van der Waals surface area contributed by atoms with Crippen LogP contribution in [0.25, 0.3) is 0 Å². The van der Waals surface area contributed by atoms with Crippen molar-refractivity contribution in [3.63, 3.8) is 0 Å². The predicted molar refractivity (Wildman–Crippen MR) is 94.7 cm³/mol. The van der Waals surface area contributed by atoms with Gasteiger partial charge in [-0.15, -0.1) is 11.3 Å².